The lowest BCUT2D eigenvalue weighted by Crippen LogP contribution is -2.39. The van der Waals surface area contributed by atoms with Crippen molar-refractivity contribution in [3.05, 3.63) is 55.3 Å². The minimum atomic E-state index is -0.579. The molecule has 0 atom stereocenters. The zero-order valence-electron chi connectivity index (χ0n) is 10.4. The van der Waals surface area contributed by atoms with Crippen molar-refractivity contribution in [1.29, 1.82) is 0 Å². The minimum absolute atomic E-state index is 0.00306. The van der Waals surface area contributed by atoms with E-state index in [1.165, 1.54) is 18.7 Å². The highest BCUT2D eigenvalue weighted by atomic mass is 16.2. The average Bonchev–Trinajstić information content (AvgIpc) is 2.43. The number of aromatic nitrogens is 3. The molecule has 0 saturated heterocycles. The van der Waals surface area contributed by atoms with E-state index in [2.05, 4.69) is 4.98 Å². The number of benzene rings is 1. The van der Waals surface area contributed by atoms with E-state index in [1.807, 2.05) is 0 Å². The lowest BCUT2D eigenvalue weighted by molar-refractivity contribution is 0.708. The number of hydrogen-bond acceptors (Lipinski definition) is 3. The monoisotopic (exact) mass is 257 g/mol. The Morgan fingerprint density at radius 3 is 2.42 bits per heavy atom. The van der Waals surface area contributed by atoms with Crippen LogP contribution in [0, 0.1) is 0 Å². The van der Waals surface area contributed by atoms with Crippen LogP contribution in [-0.2, 0) is 14.1 Å². The van der Waals surface area contributed by atoms with E-state index in [0.717, 1.165) is 4.57 Å². The van der Waals surface area contributed by atoms with Gasteiger partial charge in [-0.2, -0.15) is 0 Å². The van der Waals surface area contributed by atoms with Gasteiger partial charge in [0.25, 0.3) is 5.56 Å². The van der Waals surface area contributed by atoms with Crippen molar-refractivity contribution in [3.8, 4) is 0 Å². The molecule has 0 aliphatic rings. The van der Waals surface area contributed by atoms with Crippen LogP contribution in [0.15, 0.2) is 38.6 Å². The van der Waals surface area contributed by atoms with Crippen molar-refractivity contribution in [2.45, 2.75) is 0 Å². The highest BCUT2D eigenvalue weighted by Crippen LogP contribution is 2.10. The first kappa shape index (κ1) is 11.5. The van der Waals surface area contributed by atoms with Gasteiger partial charge in [0.1, 0.15) is 11.0 Å². The number of para-hydroxylation sites is 1. The van der Waals surface area contributed by atoms with E-state index in [9.17, 15) is 14.4 Å². The fourth-order valence-corrected chi connectivity index (χ4v) is 2.25. The van der Waals surface area contributed by atoms with E-state index >= 15 is 0 Å². The fraction of sp³-hybridized carbons (Fsp3) is 0.154. The van der Waals surface area contributed by atoms with Gasteiger partial charge < -0.3 is 4.98 Å². The van der Waals surface area contributed by atoms with Gasteiger partial charge in [-0.25, -0.2) is 4.79 Å². The second-order valence-electron chi connectivity index (χ2n) is 4.43. The zero-order chi connectivity index (χ0) is 13.7. The van der Waals surface area contributed by atoms with Crippen molar-refractivity contribution in [2.24, 2.45) is 14.1 Å². The number of pyridine rings is 1. The van der Waals surface area contributed by atoms with Crippen LogP contribution in [0.4, 0.5) is 0 Å². The second-order valence-corrected chi connectivity index (χ2v) is 4.43. The number of fused-ring (bicyclic) bond motifs is 2. The number of aryl methyl sites for hydroxylation is 1. The Morgan fingerprint density at radius 2 is 1.68 bits per heavy atom. The predicted octanol–water partition coefficient (Wildman–Crippen LogP) is 0.0787. The van der Waals surface area contributed by atoms with Crippen LogP contribution in [-0.4, -0.2) is 14.1 Å². The standard InChI is InChI=1S/C13H11N3O3/c1-15-11-9(12(18)16(2)13(15)19)10(17)7-5-3-4-6-8(7)14-11/h3-6H,1-2H3,(H,14,17). The molecule has 2 aromatic heterocycles. The van der Waals surface area contributed by atoms with Crippen molar-refractivity contribution in [3.63, 3.8) is 0 Å². The summed E-state index contributed by atoms with van der Waals surface area (Å²) < 4.78 is 2.21. The third kappa shape index (κ3) is 1.40. The van der Waals surface area contributed by atoms with Crippen LogP contribution in [0.25, 0.3) is 21.9 Å². The van der Waals surface area contributed by atoms with Crippen molar-refractivity contribution in [2.75, 3.05) is 0 Å². The van der Waals surface area contributed by atoms with Gasteiger partial charge in [-0.15, -0.1) is 0 Å². The molecule has 0 saturated carbocycles. The smallest absolute Gasteiger partial charge is 0.332 e. The van der Waals surface area contributed by atoms with Gasteiger partial charge in [-0.05, 0) is 12.1 Å². The van der Waals surface area contributed by atoms with Gasteiger partial charge in [-0.1, -0.05) is 12.1 Å². The average molecular weight is 257 g/mol. The maximum absolute atomic E-state index is 12.4. The largest absolute Gasteiger partial charge is 0.340 e. The molecule has 0 aliphatic heterocycles. The van der Waals surface area contributed by atoms with E-state index in [0.29, 0.717) is 10.9 Å². The Hall–Kier alpha value is -2.63. The van der Waals surface area contributed by atoms with E-state index < -0.39 is 11.2 Å². The molecule has 6 heteroatoms. The predicted molar refractivity (Wildman–Crippen MR) is 72.6 cm³/mol. The van der Waals surface area contributed by atoms with Crippen LogP contribution in [0.3, 0.4) is 0 Å². The number of hydrogen-bond donors (Lipinski definition) is 1. The molecule has 0 fully saturated rings. The lowest BCUT2D eigenvalue weighted by atomic mass is 10.2. The molecule has 0 radical (unpaired) electrons. The van der Waals surface area contributed by atoms with Gasteiger partial charge >= 0.3 is 5.69 Å². The quantitative estimate of drug-likeness (QED) is 0.579. The highest BCUT2D eigenvalue weighted by molar-refractivity contribution is 5.90. The van der Waals surface area contributed by atoms with Crippen LogP contribution in [0.1, 0.15) is 0 Å². The Balaban J connectivity index is 2.80. The number of nitrogens with one attached hydrogen (secondary N) is 1. The number of aromatic amines is 1. The first-order valence-electron chi connectivity index (χ1n) is 5.73. The third-order valence-electron chi connectivity index (χ3n) is 3.32. The summed E-state index contributed by atoms with van der Waals surface area (Å²) in [4.78, 5) is 39.3. The summed E-state index contributed by atoms with van der Waals surface area (Å²) in [6.07, 6.45) is 0. The zero-order valence-corrected chi connectivity index (χ0v) is 10.4. The van der Waals surface area contributed by atoms with Crippen molar-refractivity contribution < 1.29 is 0 Å². The SMILES string of the molecule is Cn1c(=O)c2c(=O)c3ccccc3[nH]c2n(C)c1=O. The Kier molecular flexibility index (Phi) is 2.22. The van der Waals surface area contributed by atoms with Crippen LogP contribution in [0.5, 0.6) is 0 Å². The van der Waals surface area contributed by atoms with Crippen molar-refractivity contribution >= 4 is 21.9 Å². The lowest BCUT2D eigenvalue weighted by Gasteiger charge is -2.08. The molecule has 0 amide bonds. The summed E-state index contributed by atoms with van der Waals surface area (Å²) >= 11 is 0. The molecule has 19 heavy (non-hydrogen) atoms. The maximum atomic E-state index is 12.4. The summed E-state index contributed by atoms with van der Waals surface area (Å²) in [5.74, 6) is 0. The molecule has 6 nitrogen and oxygen atoms in total. The first-order valence-corrected chi connectivity index (χ1v) is 5.73. The van der Waals surface area contributed by atoms with E-state index in [4.69, 9.17) is 0 Å². The maximum Gasteiger partial charge on any atom is 0.332 e. The Morgan fingerprint density at radius 1 is 1.00 bits per heavy atom. The molecule has 0 aliphatic carbocycles. The van der Waals surface area contributed by atoms with Crippen LogP contribution in [0.2, 0.25) is 0 Å². The normalized spacial score (nSPS) is 11.3. The van der Waals surface area contributed by atoms with Gasteiger partial charge in [0.15, 0.2) is 0 Å². The summed E-state index contributed by atoms with van der Waals surface area (Å²) in [5, 5.41) is 0.439. The summed E-state index contributed by atoms with van der Waals surface area (Å²) in [6, 6.07) is 6.90. The molecule has 0 unspecified atom stereocenters. The van der Waals surface area contributed by atoms with Gasteiger partial charge in [0.2, 0.25) is 5.43 Å². The molecule has 0 spiro atoms. The molecule has 3 aromatic rings. The van der Waals surface area contributed by atoms with Crippen LogP contribution >= 0.6 is 0 Å². The van der Waals surface area contributed by atoms with Gasteiger partial charge in [0.05, 0.1) is 5.52 Å². The fourth-order valence-electron chi connectivity index (χ4n) is 2.25. The summed E-state index contributed by atoms with van der Waals surface area (Å²) in [6.45, 7) is 0. The van der Waals surface area contributed by atoms with E-state index in [-0.39, 0.29) is 16.5 Å². The van der Waals surface area contributed by atoms with Crippen LogP contribution < -0.4 is 16.7 Å². The Labute approximate surface area is 106 Å². The molecular weight excluding hydrogens is 246 g/mol. The number of nitrogens with zero attached hydrogens (tertiary/aromatic N) is 2. The third-order valence-corrected chi connectivity index (χ3v) is 3.32. The van der Waals surface area contributed by atoms with Gasteiger partial charge in [0, 0.05) is 19.5 Å². The first-order chi connectivity index (χ1) is 9.02. The Bertz CT molecular complexity index is 992. The second kappa shape index (κ2) is 3.68. The molecular formula is C13H11N3O3. The number of rotatable bonds is 0. The molecule has 2 heterocycles. The highest BCUT2D eigenvalue weighted by Gasteiger charge is 2.14. The van der Waals surface area contributed by atoms with Gasteiger partial charge in [-0.3, -0.25) is 18.7 Å². The molecule has 1 aromatic carbocycles. The van der Waals surface area contributed by atoms with Crippen molar-refractivity contribution in [1.82, 2.24) is 14.1 Å². The topological polar surface area (TPSA) is 76.9 Å². The summed E-state index contributed by atoms with van der Waals surface area (Å²) in [5.41, 5.74) is -0.561. The molecule has 0 bridgehead atoms. The minimum Gasteiger partial charge on any atom is -0.340 e. The molecule has 3 rings (SSSR count). The molecule has 96 valence electrons. The van der Waals surface area contributed by atoms with E-state index in [1.54, 1.807) is 24.3 Å². The summed E-state index contributed by atoms with van der Waals surface area (Å²) in [7, 11) is 2.88. The number of H-pyrrole nitrogens is 1. The molecule has 1 N–H and O–H groups in total.